The smallest absolute Gasteiger partial charge is 0.178 e. The maximum absolute atomic E-state index is 13.7. The number of nitrogens with zero attached hydrogens (tertiary/aromatic N) is 1. The summed E-state index contributed by atoms with van der Waals surface area (Å²) in [6.07, 6.45) is 0. The lowest BCUT2D eigenvalue weighted by atomic mass is 10.3. The van der Waals surface area contributed by atoms with E-state index in [-0.39, 0.29) is 11.6 Å². The van der Waals surface area contributed by atoms with E-state index in [9.17, 15) is 8.78 Å². The summed E-state index contributed by atoms with van der Waals surface area (Å²) in [5.74, 6) is 3.27. The SMILES string of the molecule is COc1ccc(Cl)cc1Nc1nc(NN)c(F)cc1F. The predicted molar refractivity (Wildman–Crippen MR) is 73.2 cm³/mol. The number of hydrogen-bond acceptors (Lipinski definition) is 5. The first-order valence-corrected chi connectivity index (χ1v) is 5.86. The lowest BCUT2D eigenvalue weighted by Gasteiger charge is -2.12. The molecule has 1 aromatic carbocycles. The molecular weight excluding hydrogens is 290 g/mol. The molecule has 0 saturated carbocycles. The lowest BCUT2D eigenvalue weighted by Crippen LogP contribution is -2.12. The third-order valence-electron chi connectivity index (χ3n) is 2.48. The van der Waals surface area contributed by atoms with E-state index >= 15 is 0 Å². The first-order valence-electron chi connectivity index (χ1n) is 5.48. The van der Waals surface area contributed by atoms with Crippen molar-refractivity contribution in [3.05, 3.63) is 40.9 Å². The number of rotatable bonds is 4. The average Bonchev–Trinajstić information content (AvgIpc) is 2.42. The largest absolute Gasteiger partial charge is 0.495 e. The maximum Gasteiger partial charge on any atom is 0.178 e. The van der Waals surface area contributed by atoms with Crippen molar-refractivity contribution in [1.29, 1.82) is 0 Å². The Bertz CT molecular complexity index is 639. The fraction of sp³-hybridized carbons (Fsp3) is 0.0833. The molecule has 0 radical (unpaired) electrons. The van der Waals surface area contributed by atoms with Crippen LogP contribution in [0.15, 0.2) is 24.3 Å². The average molecular weight is 301 g/mol. The second-order valence-electron chi connectivity index (χ2n) is 3.76. The Hall–Kier alpha value is -2.12. The summed E-state index contributed by atoms with van der Waals surface area (Å²) in [5.41, 5.74) is 2.43. The number of hydrogen-bond donors (Lipinski definition) is 3. The van der Waals surface area contributed by atoms with Gasteiger partial charge in [0.25, 0.3) is 0 Å². The molecule has 106 valence electrons. The monoisotopic (exact) mass is 300 g/mol. The number of pyridine rings is 1. The Kier molecular flexibility index (Phi) is 4.21. The number of hydrazine groups is 1. The first kappa shape index (κ1) is 14.3. The Balaban J connectivity index is 2.41. The van der Waals surface area contributed by atoms with Crippen molar-refractivity contribution in [1.82, 2.24) is 4.98 Å². The number of halogens is 3. The van der Waals surface area contributed by atoms with E-state index in [1.807, 2.05) is 5.43 Å². The number of methoxy groups -OCH3 is 1. The molecule has 0 amide bonds. The summed E-state index contributed by atoms with van der Waals surface area (Å²) >= 11 is 5.86. The summed E-state index contributed by atoms with van der Waals surface area (Å²) in [5, 5.41) is 3.10. The van der Waals surface area contributed by atoms with Gasteiger partial charge in [0, 0.05) is 11.1 Å². The van der Waals surface area contributed by atoms with Crippen LogP contribution >= 0.6 is 11.6 Å². The molecule has 20 heavy (non-hydrogen) atoms. The fourth-order valence-corrected chi connectivity index (χ4v) is 1.73. The topological polar surface area (TPSA) is 72.2 Å². The zero-order valence-corrected chi connectivity index (χ0v) is 11.1. The minimum Gasteiger partial charge on any atom is -0.495 e. The molecular formula is C12H11ClF2N4O. The van der Waals surface area contributed by atoms with Crippen molar-refractivity contribution in [3.63, 3.8) is 0 Å². The molecule has 0 atom stereocenters. The van der Waals surface area contributed by atoms with Crippen molar-refractivity contribution < 1.29 is 13.5 Å². The summed E-state index contributed by atoms with van der Waals surface area (Å²) in [6.45, 7) is 0. The molecule has 0 unspecified atom stereocenters. The van der Waals surface area contributed by atoms with Crippen LogP contribution in [0.4, 0.5) is 26.1 Å². The van der Waals surface area contributed by atoms with Gasteiger partial charge < -0.3 is 15.5 Å². The van der Waals surface area contributed by atoms with Crippen LogP contribution in [0.3, 0.4) is 0 Å². The van der Waals surface area contributed by atoms with E-state index in [0.29, 0.717) is 22.5 Å². The molecule has 5 nitrogen and oxygen atoms in total. The molecule has 1 heterocycles. The molecule has 2 aromatic rings. The maximum atomic E-state index is 13.7. The zero-order valence-electron chi connectivity index (χ0n) is 10.4. The summed E-state index contributed by atoms with van der Waals surface area (Å²) < 4.78 is 32.0. The van der Waals surface area contributed by atoms with Crippen molar-refractivity contribution in [2.75, 3.05) is 17.9 Å². The highest BCUT2D eigenvalue weighted by Gasteiger charge is 2.13. The number of anilines is 3. The zero-order chi connectivity index (χ0) is 14.7. The number of ether oxygens (including phenoxy) is 1. The standard InChI is InChI=1S/C12H11ClF2N4O/c1-20-10-3-2-6(13)4-9(10)17-11-7(14)5-8(15)12(18-11)19-16/h2-5H,16H2,1H3,(H2,17,18,19). The van der Waals surface area contributed by atoms with Gasteiger partial charge in [0.1, 0.15) is 5.75 Å². The molecule has 4 N–H and O–H groups in total. The van der Waals surface area contributed by atoms with Crippen LogP contribution in [-0.4, -0.2) is 12.1 Å². The van der Waals surface area contributed by atoms with Crippen LogP contribution in [0.1, 0.15) is 0 Å². The minimum absolute atomic E-state index is 0.208. The van der Waals surface area contributed by atoms with Gasteiger partial charge >= 0.3 is 0 Å². The molecule has 0 spiro atoms. The highest BCUT2D eigenvalue weighted by atomic mass is 35.5. The number of nitrogen functional groups attached to an aromatic ring is 1. The number of nitrogens with one attached hydrogen (secondary N) is 2. The molecule has 1 aromatic heterocycles. The molecule has 2 rings (SSSR count). The third-order valence-corrected chi connectivity index (χ3v) is 2.72. The summed E-state index contributed by atoms with van der Waals surface area (Å²) in [7, 11) is 1.45. The van der Waals surface area contributed by atoms with Crippen LogP contribution < -0.4 is 21.3 Å². The van der Waals surface area contributed by atoms with Gasteiger partial charge in [-0.2, -0.15) is 0 Å². The van der Waals surface area contributed by atoms with Crippen LogP contribution in [0.5, 0.6) is 5.75 Å². The van der Waals surface area contributed by atoms with E-state index in [1.165, 1.54) is 13.2 Å². The van der Waals surface area contributed by atoms with E-state index in [4.69, 9.17) is 22.2 Å². The highest BCUT2D eigenvalue weighted by molar-refractivity contribution is 6.31. The fourth-order valence-electron chi connectivity index (χ4n) is 1.56. The van der Waals surface area contributed by atoms with Crippen LogP contribution in [0.25, 0.3) is 0 Å². The van der Waals surface area contributed by atoms with Crippen molar-refractivity contribution in [2.24, 2.45) is 5.84 Å². The molecule has 0 aliphatic carbocycles. The lowest BCUT2D eigenvalue weighted by molar-refractivity contribution is 0.417. The van der Waals surface area contributed by atoms with Gasteiger partial charge in [-0.25, -0.2) is 19.6 Å². The first-order chi connectivity index (χ1) is 9.55. The minimum atomic E-state index is -0.895. The van der Waals surface area contributed by atoms with Gasteiger partial charge in [-0.1, -0.05) is 11.6 Å². The van der Waals surface area contributed by atoms with Crippen LogP contribution in [0, 0.1) is 11.6 Å². The normalized spacial score (nSPS) is 10.2. The van der Waals surface area contributed by atoms with Gasteiger partial charge in [-0.3, -0.25) is 0 Å². The number of benzene rings is 1. The van der Waals surface area contributed by atoms with Crippen molar-refractivity contribution >= 4 is 28.9 Å². The third kappa shape index (κ3) is 2.89. The van der Waals surface area contributed by atoms with Gasteiger partial charge in [0.05, 0.1) is 12.8 Å². The number of aromatic nitrogens is 1. The summed E-state index contributed by atoms with van der Waals surface area (Å²) in [6, 6.07) is 5.42. The molecule has 0 fully saturated rings. The van der Waals surface area contributed by atoms with Crippen molar-refractivity contribution in [2.45, 2.75) is 0 Å². The Morgan fingerprint density at radius 2 is 1.90 bits per heavy atom. The second-order valence-corrected chi connectivity index (χ2v) is 4.20. The van der Waals surface area contributed by atoms with E-state index < -0.39 is 11.6 Å². The Morgan fingerprint density at radius 3 is 2.55 bits per heavy atom. The second kappa shape index (κ2) is 5.89. The predicted octanol–water partition coefficient (Wildman–Crippen LogP) is 3.05. The van der Waals surface area contributed by atoms with Gasteiger partial charge in [-0.05, 0) is 18.2 Å². The van der Waals surface area contributed by atoms with Crippen LogP contribution in [0.2, 0.25) is 5.02 Å². The Labute approximate surface area is 118 Å². The molecule has 0 saturated heterocycles. The van der Waals surface area contributed by atoms with Crippen LogP contribution in [-0.2, 0) is 0 Å². The Morgan fingerprint density at radius 1 is 1.20 bits per heavy atom. The molecule has 0 aliphatic rings. The van der Waals surface area contributed by atoms with E-state index in [2.05, 4.69) is 10.3 Å². The highest BCUT2D eigenvalue weighted by Crippen LogP contribution is 2.31. The van der Waals surface area contributed by atoms with Crippen molar-refractivity contribution in [3.8, 4) is 5.75 Å². The van der Waals surface area contributed by atoms with Gasteiger partial charge in [0.2, 0.25) is 0 Å². The molecule has 8 heteroatoms. The van der Waals surface area contributed by atoms with Gasteiger partial charge in [-0.15, -0.1) is 0 Å². The quantitative estimate of drug-likeness (QED) is 0.598. The van der Waals surface area contributed by atoms with E-state index in [1.54, 1.807) is 12.1 Å². The summed E-state index contributed by atoms with van der Waals surface area (Å²) in [4.78, 5) is 3.69. The van der Waals surface area contributed by atoms with E-state index in [0.717, 1.165) is 0 Å². The van der Waals surface area contributed by atoms with Gasteiger partial charge in [0.15, 0.2) is 23.3 Å². The number of nitrogens with two attached hydrogens (primary N) is 1. The molecule has 0 bridgehead atoms. The molecule has 0 aliphatic heterocycles.